The number of aliphatic imine (C=N–C) groups is 2. The average Bonchev–Trinajstić information content (AvgIpc) is 3.36. The van der Waals surface area contributed by atoms with E-state index in [0.29, 0.717) is 36.3 Å². The molecular weight excluding hydrogens is 805 g/mol. The van der Waals surface area contributed by atoms with Gasteiger partial charge in [0, 0.05) is 47.7 Å². The van der Waals surface area contributed by atoms with Crippen molar-refractivity contribution in [2.45, 2.75) is 192 Å². The maximum absolute atomic E-state index is 5.38. The number of guanidine groups is 2. The third kappa shape index (κ3) is 15.0. The Hall–Kier alpha value is -5.10. The average molecular weight is 887 g/mol. The van der Waals surface area contributed by atoms with Crippen LogP contribution in [0.25, 0.3) is 11.1 Å². The molecule has 352 valence electrons. The molecule has 4 aromatic rings. The SMILES string of the molecule is CC(C)N(C=C(c1ccccc1)c1ccccc1)C(=NC1CCCCC1)NC1CCCCC1.CC(C)N(C=C(c1ccccc1)c1ccccc1)C(=NC1CCCCC1)NC1CCCCC1. The highest BCUT2D eigenvalue weighted by molar-refractivity contribution is 5.87. The van der Waals surface area contributed by atoms with Gasteiger partial charge in [-0.05, 0) is 101 Å². The zero-order valence-electron chi connectivity index (χ0n) is 41.1. The number of nitrogens with zero attached hydrogens (tertiary/aromatic N) is 4. The Morgan fingerprint density at radius 3 is 0.909 bits per heavy atom. The van der Waals surface area contributed by atoms with Crippen LogP contribution in [0.5, 0.6) is 0 Å². The highest BCUT2D eigenvalue weighted by atomic mass is 15.3. The maximum atomic E-state index is 5.38. The third-order valence-electron chi connectivity index (χ3n) is 14.1. The zero-order chi connectivity index (χ0) is 45.8. The minimum Gasteiger partial charge on any atom is -0.353 e. The molecule has 66 heavy (non-hydrogen) atoms. The number of rotatable bonds is 12. The molecule has 0 heterocycles. The van der Waals surface area contributed by atoms with Gasteiger partial charge in [0.2, 0.25) is 0 Å². The van der Waals surface area contributed by atoms with E-state index in [2.05, 4.69) is 182 Å². The normalized spacial score (nSPS) is 18.2. The van der Waals surface area contributed by atoms with Crippen molar-refractivity contribution in [1.29, 1.82) is 0 Å². The fourth-order valence-electron chi connectivity index (χ4n) is 10.3. The van der Waals surface area contributed by atoms with Gasteiger partial charge < -0.3 is 20.4 Å². The van der Waals surface area contributed by atoms with E-state index in [-0.39, 0.29) is 0 Å². The van der Waals surface area contributed by atoms with E-state index in [0.717, 1.165) is 11.9 Å². The summed E-state index contributed by atoms with van der Waals surface area (Å²) in [6, 6.07) is 45.7. The van der Waals surface area contributed by atoms with Crippen LogP contribution in [-0.2, 0) is 0 Å². The van der Waals surface area contributed by atoms with Crippen molar-refractivity contribution in [3.8, 4) is 0 Å². The van der Waals surface area contributed by atoms with Crippen molar-refractivity contribution >= 4 is 23.1 Å². The van der Waals surface area contributed by atoms with E-state index in [4.69, 9.17) is 9.98 Å². The number of nitrogens with one attached hydrogen (secondary N) is 2. The lowest BCUT2D eigenvalue weighted by molar-refractivity contribution is 0.371. The van der Waals surface area contributed by atoms with Crippen molar-refractivity contribution in [2.75, 3.05) is 0 Å². The van der Waals surface area contributed by atoms with Gasteiger partial charge >= 0.3 is 0 Å². The first kappa shape index (κ1) is 48.8. The van der Waals surface area contributed by atoms with Crippen LogP contribution in [0.15, 0.2) is 144 Å². The zero-order valence-corrected chi connectivity index (χ0v) is 41.1. The third-order valence-corrected chi connectivity index (χ3v) is 14.1. The van der Waals surface area contributed by atoms with Crippen LogP contribution in [-0.4, -0.2) is 58.0 Å². The first-order chi connectivity index (χ1) is 32.4. The molecule has 2 N–H and O–H groups in total. The van der Waals surface area contributed by atoms with Crippen LogP contribution in [0.4, 0.5) is 0 Å². The summed E-state index contributed by atoms with van der Waals surface area (Å²) in [4.78, 5) is 15.6. The molecular formula is C60H82N6. The fraction of sp³-hybridized carbons (Fsp3) is 0.500. The van der Waals surface area contributed by atoms with Crippen molar-refractivity contribution in [3.05, 3.63) is 156 Å². The summed E-state index contributed by atoms with van der Waals surface area (Å²) in [5, 5.41) is 7.85. The number of benzene rings is 4. The fourth-order valence-corrected chi connectivity index (χ4v) is 10.3. The highest BCUT2D eigenvalue weighted by Gasteiger charge is 2.25. The van der Waals surface area contributed by atoms with Crippen LogP contribution in [0, 0.1) is 0 Å². The van der Waals surface area contributed by atoms with E-state index >= 15 is 0 Å². The molecule has 0 saturated heterocycles. The van der Waals surface area contributed by atoms with Crippen molar-refractivity contribution in [2.24, 2.45) is 9.98 Å². The maximum Gasteiger partial charge on any atom is 0.198 e. The number of hydrogen-bond donors (Lipinski definition) is 2. The Morgan fingerprint density at radius 1 is 0.394 bits per heavy atom. The van der Waals surface area contributed by atoms with Crippen molar-refractivity contribution in [1.82, 2.24) is 20.4 Å². The predicted molar refractivity (Wildman–Crippen MR) is 283 cm³/mol. The van der Waals surface area contributed by atoms with Gasteiger partial charge in [-0.25, -0.2) is 9.98 Å². The second kappa shape index (κ2) is 26.3. The number of hydrogen-bond acceptors (Lipinski definition) is 2. The Labute approximate surface area is 400 Å². The molecule has 0 aromatic heterocycles. The molecule has 0 radical (unpaired) electrons. The lowest BCUT2D eigenvalue weighted by atomic mass is 9.95. The van der Waals surface area contributed by atoms with E-state index in [1.54, 1.807) is 0 Å². The second-order valence-electron chi connectivity index (χ2n) is 20.0. The Balaban J connectivity index is 0.000000196. The van der Waals surface area contributed by atoms with Gasteiger partial charge in [-0.3, -0.25) is 0 Å². The van der Waals surface area contributed by atoms with Crippen LogP contribution in [0.1, 0.15) is 178 Å². The molecule has 0 bridgehead atoms. The molecule has 0 amide bonds. The van der Waals surface area contributed by atoms with E-state index in [1.807, 2.05) is 0 Å². The van der Waals surface area contributed by atoms with E-state index < -0.39 is 0 Å². The van der Waals surface area contributed by atoms with Crippen LogP contribution in [0.3, 0.4) is 0 Å². The molecule has 6 nitrogen and oxygen atoms in total. The topological polar surface area (TPSA) is 55.3 Å². The Morgan fingerprint density at radius 2 is 0.652 bits per heavy atom. The van der Waals surface area contributed by atoms with Gasteiger partial charge in [-0.1, -0.05) is 198 Å². The molecule has 4 aromatic carbocycles. The van der Waals surface area contributed by atoms with E-state index in [1.165, 1.54) is 162 Å². The largest absolute Gasteiger partial charge is 0.353 e. The van der Waals surface area contributed by atoms with Crippen LogP contribution >= 0.6 is 0 Å². The summed E-state index contributed by atoms with van der Waals surface area (Å²) in [5.41, 5.74) is 7.44. The lowest BCUT2D eigenvalue weighted by Crippen LogP contribution is -2.47. The van der Waals surface area contributed by atoms with Crippen molar-refractivity contribution < 1.29 is 0 Å². The van der Waals surface area contributed by atoms with Crippen LogP contribution in [0.2, 0.25) is 0 Å². The molecule has 0 atom stereocenters. The summed E-state index contributed by atoms with van der Waals surface area (Å²) >= 11 is 0. The molecule has 4 aliphatic rings. The summed E-state index contributed by atoms with van der Waals surface area (Å²) in [5.74, 6) is 2.15. The molecule has 4 aliphatic carbocycles. The van der Waals surface area contributed by atoms with Gasteiger partial charge in [0.25, 0.3) is 0 Å². The quantitative estimate of drug-likeness (QED) is 0.110. The summed E-state index contributed by atoms with van der Waals surface area (Å²) in [6.07, 6.45) is 30.5. The second-order valence-corrected chi connectivity index (χ2v) is 20.0. The van der Waals surface area contributed by atoms with Crippen LogP contribution < -0.4 is 10.6 Å². The Kier molecular flexibility index (Phi) is 19.5. The first-order valence-corrected chi connectivity index (χ1v) is 26.3. The van der Waals surface area contributed by atoms with Crippen molar-refractivity contribution in [3.63, 3.8) is 0 Å². The van der Waals surface area contributed by atoms with Gasteiger partial charge in [-0.2, -0.15) is 0 Å². The summed E-state index contributed by atoms with van der Waals surface area (Å²) in [6.45, 7) is 9.12. The summed E-state index contributed by atoms with van der Waals surface area (Å²) < 4.78 is 0. The lowest BCUT2D eigenvalue weighted by Gasteiger charge is -2.34. The summed E-state index contributed by atoms with van der Waals surface area (Å²) in [7, 11) is 0. The van der Waals surface area contributed by atoms with E-state index in [9.17, 15) is 0 Å². The van der Waals surface area contributed by atoms with Gasteiger partial charge in [0.1, 0.15) is 0 Å². The standard InChI is InChI=1S/2C30H41N3/c2*1-24(2)33(23-29(25-15-7-3-8-16-25)26-17-9-4-10-18-26)30(31-27-19-11-5-12-20-27)32-28-21-13-6-14-22-28/h2*3-4,7-10,15-18,23-24,27-28H,5-6,11-14,19-22H2,1-2H3,(H,31,32). The smallest absolute Gasteiger partial charge is 0.198 e. The molecule has 4 saturated carbocycles. The molecule has 0 aliphatic heterocycles. The minimum atomic E-state index is 0.311. The molecule has 6 heteroatoms. The molecule has 0 spiro atoms. The van der Waals surface area contributed by atoms with Gasteiger partial charge in [-0.15, -0.1) is 0 Å². The predicted octanol–water partition coefficient (Wildman–Crippen LogP) is 14.8. The molecule has 4 fully saturated rings. The minimum absolute atomic E-state index is 0.311. The molecule has 8 rings (SSSR count). The first-order valence-electron chi connectivity index (χ1n) is 26.3. The monoisotopic (exact) mass is 887 g/mol. The van der Waals surface area contributed by atoms with Gasteiger partial charge in [0.05, 0.1) is 12.1 Å². The Bertz CT molecular complexity index is 1850. The highest BCUT2D eigenvalue weighted by Crippen LogP contribution is 2.29. The molecule has 0 unspecified atom stereocenters. The van der Waals surface area contributed by atoms with Gasteiger partial charge in [0.15, 0.2) is 11.9 Å².